The van der Waals surface area contributed by atoms with E-state index in [9.17, 15) is 15.0 Å². The number of halogens is 1. The van der Waals surface area contributed by atoms with Gasteiger partial charge in [-0.15, -0.1) is 0 Å². The molecule has 1 aliphatic rings. The number of phenols is 1. The molecule has 0 fully saturated rings. The summed E-state index contributed by atoms with van der Waals surface area (Å²) in [5, 5.41) is 22.7. The number of nitrogens with zero attached hydrogens (tertiary/aromatic N) is 1. The van der Waals surface area contributed by atoms with Crippen LogP contribution in [0.2, 0.25) is 5.02 Å². The summed E-state index contributed by atoms with van der Waals surface area (Å²) in [7, 11) is 1.43. The molecule has 0 bridgehead atoms. The average molecular weight is 333 g/mol. The van der Waals surface area contributed by atoms with Gasteiger partial charge < -0.3 is 20.3 Å². The number of benzodiazepines with no additional fused rings is 1. The Labute approximate surface area is 137 Å². The van der Waals surface area contributed by atoms with E-state index in [1.165, 1.54) is 13.2 Å². The molecule has 0 radical (unpaired) electrons. The molecule has 0 saturated heterocycles. The van der Waals surface area contributed by atoms with Crippen LogP contribution in [0.1, 0.15) is 11.1 Å². The molecule has 2 aromatic carbocycles. The summed E-state index contributed by atoms with van der Waals surface area (Å²) in [6.45, 7) is 0. The van der Waals surface area contributed by atoms with Gasteiger partial charge in [-0.05, 0) is 36.4 Å². The summed E-state index contributed by atoms with van der Waals surface area (Å²) in [5.74, 6) is -0.396. The van der Waals surface area contributed by atoms with E-state index in [-0.39, 0.29) is 11.5 Å². The number of nitrogens with one attached hydrogen (secondary N) is 1. The van der Waals surface area contributed by atoms with E-state index in [2.05, 4.69) is 10.3 Å². The number of benzene rings is 2. The van der Waals surface area contributed by atoms with Crippen LogP contribution in [0.5, 0.6) is 11.5 Å². The molecular formula is C16H13ClN2O4. The number of carbonyl (C=O) groups is 1. The molecule has 23 heavy (non-hydrogen) atoms. The van der Waals surface area contributed by atoms with Gasteiger partial charge in [0, 0.05) is 16.1 Å². The number of carbonyl (C=O) groups excluding carboxylic acids is 1. The second-order valence-electron chi connectivity index (χ2n) is 4.92. The van der Waals surface area contributed by atoms with Crippen LogP contribution < -0.4 is 10.1 Å². The Morgan fingerprint density at radius 2 is 2.04 bits per heavy atom. The largest absolute Gasteiger partial charge is 0.504 e. The number of hydrogen-bond acceptors (Lipinski definition) is 5. The monoisotopic (exact) mass is 332 g/mol. The number of aliphatic hydroxyl groups is 1. The first-order chi connectivity index (χ1) is 11.0. The van der Waals surface area contributed by atoms with Crippen molar-refractivity contribution >= 4 is 28.9 Å². The Morgan fingerprint density at radius 3 is 2.78 bits per heavy atom. The number of aliphatic imine (C=N–C) groups is 1. The maximum atomic E-state index is 11.8. The molecule has 1 heterocycles. The topological polar surface area (TPSA) is 91.2 Å². The molecule has 6 nitrogen and oxygen atoms in total. The van der Waals surface area contributed by atoms with Crippen molar-refractivity contribution in [3.05, 3.63) is 52.5 Å². The van der Waals surface area contributed by atoms with Crippen molar-refractivity contribution in [2.75, 3.05) is 12.4 Å². The van der Waals surface area contributed by atoms with Gasteiger partial charge in [-0.1, -0.05) is 11.6 Å². The van der Waals surface area contributed by atoms with Crippen molar-refractivity contribution in [3.63, 3.8) is 0 Å². The maximum Gasteiger partial charge on any atom is 0.276 e. The minimum atomic E-state index is -1.55. The summed E-state index contributed by atoms with van der Waals surface area (Å²) in [6.07, 6.45) is -1.55. The van der Waals surface area contributed by atoms with Crippen molar-refractivity contribution in [2.24, 2.45) is 4.99 Å². The predicted octanol–water partition coefficient (Wildman–Crippen LogP) is 2.16. The van der Waals surface area contributed by atoms with Crippen molar-refractivity contribution in [1.82, 2.24) is 0 Å². The van der Waals surface area contributed by atoms with Crippen LogP contribution in [0.15, 0.2) is 41.4 Å². The van der Waals surface area contributed by atoms with Crippen LogP contribution in [-0.4, -0.2) is 35.2 Å². The van der Waals surface area contributed by atoms with E-state index >= 15 is 0 Å². The van der Waals surface area contributed by atoms with Gasteiger partial charge in [-0.2, -0.15) is 0 Å². The molecule has 0 spiro atoms. The summed E-state index contributed by atoms with van der Waals surface area (Å²) < 4.78 is 5.09. The zero-order chi connectivity index (χ0) is 16.6. The highest BCUT2D eigenvalue weighted by atomic mass is 35.5. The van der Waals surface area contributed by atoms with E-state index in [1.54, 1.807) is 30.3 Å². The van der Waals surface area contributed by atoms with Crippen molar-refractivity contribution in [3.8, 4) is 11.5 Å². The van der Waals surface area contributed by atoms with E-state index < -0.39 is 12.1 Å². The Kier molecular flexibility index (Phi) is 3.94. The second-order valence-corrected chi connectivity index (χ2v) is 5.35. The number of methoxy groups -OCH3 is 1. The van der Waals surface area contributed by atoms with Crippen molar-refractivity contribution in [2.45, 2.75) is 6.23 Å². The zero-order valence-electron chi connectivity index (χ0n) is 12.1. The Hall–Kier alpha value is -2.57. The maximum absolute atomic E-state index is 11.8. The average Bonchev–Trinajstić information content (AvgIpc) is 2.65. The van der Waals surface area contributed by atoms with Gasteiger partial charge in [0.1, 0.15) is 0 Å². The number of hydrogen-bond donors (Lipinski definition) is 3. The number of anilines is 1. The number of fused-ring (bicyclic) bond motifs is 1. The van der Waals surface area contributed by atoms with Crippen LogP contribution in [0, 0.1) is 0 Å². The van der Waals surface area contributed by atoms with Gasteiger partial charge in [-0.3, -0.25) is 4.79 Å². The number of aromatic hydroxyl groups is 1. The molecule has 118 valence electrons. The lowest BCUT2D eigenvalue weighted by atomic mass is 10.00. The van der Waals surface area contributed by atoms with E-state index in [1.807, 2.05) is 0 Å². The van der Waals surface area contributed by atoms with Crippen molar-refractivity contribution in [1.29, 1.82) is 0 Å². The molecule has 1 atom stereocenters. The van der Waals surface area contributed by atoms with Gasteiger partial charge in [-0.25, -0.2) is 4.99 Å². The van der Waals surface area contributed by atoms with Gasteiger partial charge in [0.15, 0.2) is 11.5 Å². The third-order valence-electron chi connectivity index (χ3n) is 3.43. The van der Waals surface area contributed by atoms with Crippen LogP contribution >= 0.6 is 11.6 Å². The summed E-state index contributed by atoms with van der Waals surface area (Å²) in [5.41, 5.74) is 1.99. The van der Waals surface area contributed by atoms with E-state index in [0.29, 0.717) is 27.5 Å². The number of ether oxygens (including phenoxy) is 1. The molecule has 2 aromatic rings. The normalized spacial score (nSPS) is 16.9. The Balaban J connectivity index is 2.22. The van der Waals surface area contributed by atoms with Crippen LogP contribution in [0.4, 0.5) is 5.69 Å². The standard InChI is InChI=1S/C16H13ClN2O4/c1-23-13-6-8(2-5-12(13)20)14-10-7-9(17)3-4-11(10)18-15(21)16(22)19-14/h2-7,16,20,22H,1H3,(H,18,21)/t16-/m0/s1. The van der Waals surface area contributed by atoms with Gasteiger partial charge in [0.05, 0.1) is 18.5 Å². The molecule has 7 heteroatoms. The first kappa shape index (κ1) is 15.3. The minimum Gasteiger partial charge on any atom is -0.504 e. The first-order valence-electron chi connectivity index (χ1n) is 6.73. The number of rotatable bonds is 2. The molecule has 0 saturated carbocycles. The number of phenolic OH excluding ortho intramolecular Hbond substituents is 1. The highest BCUT2D eigenvalue weighted by molar-refractivity contribution is 6.32. The highest BCUT2D eigenvalue weighted by Crippen LogP contribution is 2.31. The van der Waals surface area contributed by atoms with Crippen LogP contribution in [-0.2, 0) is 4.79 Å². The van der Waals surface area contributed by atoms with Gasteiger partial charge in [0.25, 0.3) is 5.91 Å². The number of amides is 1. The fraction of sp³-hybridized carbons (Fsp3) is 0.125. The molecule has 1 aliphatic heterocycles. The van der Waals surface area contributed by atoms with Crippen LogP contribution in [0.3, 0.4) is 0 Å². The molecular weight excluding hydrogens is 320 g/mol. The first-order valence-corrected chi connectivity index (χ1v) is 7.11. The SMILES string of the molecule is COc1cc(C2=N[C@@H](O)C(=O)Nc3ccc(Cl)cc32)ccc1O. The van der Waals surface area contributed by atoms with Crippen LogP contribution in [0.25, 0.3) is 0 Å². The Morgan fingerprint density at radius 1 is 1.26 bits per heavy atom. The molecule has 0 aromatic heterocycles. The third kappa shape index (κ3) is 2.86. The number of aliphatic hydroxyl groups excluding tert-OH is 1. The van der Waals surface area contributed by atoms with Crippen molar-refractivity contribution < 1.29 is 19.7 Å². The molecule has 0 aliphatic carbocycles. The van der Waals surface area contributed by atoms with E-state index in [0.717, 1.165) is 0 Å². The second kappa shape index (κ2) is 5.91. The van der Waals surface area contributed by atoms with Gasteiger partial charge >= 0.3 is 0 Å². The summed E-state index contributed by atoms with van der Waals surface area (Å²) in [6, 6.07) is 9.56. The molecule has 3 rings (SSSR count). The summed E-state index contributed by atoms with van der Waals surface area (Å²) in [4.78, 5) is 15.9. The Bertz CT molecular complexity index is 820. The highest BCUT2D eigenvalue weighted by Gasteiger charge is 2.24. The minimum absolute atomic E-state index is 0.0217. The zero-order valence-corrected chi connectivity index (χ0v) is 12.8. The molecule has 0 unspecified atom stereocenters. The predicted molar refractivity (Wildman–Crippen MR) is 86.4 cm³/mol. The lowest BCUT2D eigenvalue weighted by Crippen LogP contribution is -2.24. The quantitative estimate of drug-likeness (QED) is 0.786. The lowest BCUT2D eigenvalue weighted by molar-refractivity contribution is -0.123. The molecule has 3 N–H and O–H groups in total. The summed E-state index contributed by atoms with van der Waals surface area (Å²) >= 11 is 6.04. The third-order valence-corrected chi connectivity index (χ3v) is 3.67. The smallest absolute Gasteiger partial charge is 0.276 e. The lowest BCUT2D eigenvalue weighted by Gasteiger charge is -2.12. The van der Waals surface area contributed by atoms with E-state index in [4.69, 9.17) is 16.3 Å². The fourth-order valence-electron chi connectivity index (χ4n) is 2.32. The molecule has 1 amide bonds. The van der Waals surface area contributed by atoms with Gasteiger partial charge in [0.2, 0.25) is 6.23 Å². The fourth-order valence-corrected chi connectivity index (χ4v) is 2.50.